The van der Waals surface area contributed by atoms with Crippen molar-refractivity contribution in [2.45, 2.75) is 51.7 Å². The third-order valence-corrected chi connectivity index (χ3v) is 3.16. The van der Waals surface area contributed by atoms with Gasteiger partial charge in [-0.2, -0.15) is 5.10 Å². The zero-order valence-corrected chi connectivity index (χ0v) is 12.9. The molecule has 2 atom stereocenters. The first-order chi connectivity index (χ1) is 8.78. The van der Waals surface area contributed by atoms with E-state index in [9.17, 15) is 4.79 Å². The van der Waals surface area contributed by atoms with Gasteiger partial charge in [-0.05, 0) is 34.1 Å². The van der Waals surface area contributed by atoms with Crippen LogP contribution in [0.2, 0.25) is 5.02 Å². The molecule has 0 bridgehead atoms. The summed E-state index contributed by atoms with van der Waals surface area (Å²) in [6.45, 7) is 7.83. The van der Waals surface area contributed by atoms with Crippen LogP contribution in [0.4, 0.5) is 0 Å². The molecule has 0 amide bonds. The standard InChI is InChI=1S/C13H22ClN3O2/c1-9(2)16-13(4,12(18)19-5)6-10(3)17-8-11(14)7-15-17/h7-10,16H,6H2,1-5H3. The average molecular weight is 288 g/mol. The minimum absolute atomic E-state index is 0.0304. The van der Waals surface area contributed by atoms with E-state index in [4.69, 9.17) is 16.3 Å². The van der Waals surface area contributed by atoms with E-state index in [-0.39, 0.29) is 18.1 Å². The smallest absolute Gasteiger partial charge is 0.325 e. The van der Waals surface area contributed by atoms with Crippen LogP contribution in [0.25, 0.3) is 0 Å². The Labute approximate surface area is 119 Å². The van der Waals surface area contributed by atoms with E-state index < -0.39 is 5.54 Å². The fourth-order valence-electron chi connectivity index (χ4n) is 2.30. The Balaban J connectivity index is 2.85. The van der Waals surface area contributed by atoms with Gasteiger partial charge in [0, 0.05) is 12.2 Å². The highest BCUT2D eigenvalue weighted by Gasteiger charge is 2.36. The zero-order valence-electron chi connectivity index (χ0n) is 12.1. The second-order valence-corrected chi connectivity index (χ2v) is 5.75. The normalized spacial score (nSPS) is 16.2. The van der Waals surface area contributed by atoms with Crippen LogP contribution < -0.4 is 5.32 Å². The number of nitrogens with one attached hydrogen (secondary N) is 1. The number of methoxy groups -OCH3 is 1. The summed E-state index contributed by atoms with van der Waals surface area (Å²) in [5.74, 6) is -0.272. The Hall–Kier alpha value is -1.07. The topological polar surface area (TPSA) is 56.2 Å². The lowest BCUT2D eigenvalue weighted by Gasteiger charge is -2.32. The summed E-state index contributed by atoms with van der Waals surface area (Å²) in [6.07, 6.45) is 3.90. The van der Waals surface area contributed by atoms with Crippen molar-refractivity contribution in [3.63, 3.8) is 0 Å². The molecule has 0 fully saturated rings. The van der Waals surface area contributed by atoms with E-state index >= 15 is 0 Å². The van der Waals surface area contributed by atoms with E-state index in [1.165, 1.54) is 7.11 Å². The van der Waals surface area contributed by atoms with Gasteiger partial charge < -0.3 is 4.74 Å². The van der Waals surface area contributed by atoms with Gasteiger partial charge in [-0.15, -0.1) is 0 Å². The maximum absolute atomic E-state index is 12.0. The van der Waals surface area contributed by atoms with Crippen LogP contribution in [0.5, 0.6) is 0 Å². The van der Waals surface area contributed by atoms with Crippen LogP contribution in [-0.4, -0.2) is 34.4 Å². The molecule has 5 nitrogen and oxygen atoms in total. The number of hydrogen-bond donors (Lipinski definition) is 1. The van der Waals surface area contributed by atoms with Crippen LogP contribution in [0, 0.1) is 0 Å². The van der Waals surface area contributed by atoms with Gasteiger partial charge in [0.15, 0.2) is 0 Å². The number of esters is 1. The highest BCUT2D eigenvalue weighted by molar-refractivity contribution is 6.30. The van der Waals surface area contributed by atoms with Crippen LogP contribution in [0.1, 0.15) is 40.2 Å². The van der Waals surface area contributed by atoms with E-state index in [2.05, 4.69) is 10.4 Å². The Kier molecular flexibility index (Phi) is 5.38. The molecule has 1 aromatic rings. The van der Waals surface area contributed by atoms with Gasteiger partial charge in [0.25, 0.3) is 0 Å². The second kappa shape index (κ2) is 6.39. The molecule has 1 heterocycles. The first kappa shape index (κ1) is 16.0. The third kappa shape index (κ3) is 4.21. The number of ether oxygens (including phenoxy) is 1. The molecule has 0 spiro atoms. The number of carbonyl (C=O) groups is 1. The van der Waals surface area contributed by atoms with Gasteiger partial charge in [-0.1, -0.05) is 11.6 Å². The van der Waals surface area contributed by atoms with Crippen molar-refractivity contribution in [3.8, 4) is 0 Å². The summed E-state index contributed by atoms with van der Waals surface area (Å²) in [7, 11) is 1.40. The second-order valence-electron chi connectivity index (χ2n) is 5.31. The predicted octanol–water partition coefficient (Wildman–Crippen LogP) is 2.42. The van der Waals surface area contributed by atoms with Crippen molar-refractivity contribution in [1.82, 2.24) is 15.1 Å². The van der Waals surface area contributed by atoms with Gasteiger partial charge >= 0.3 is 5.97 Å². The first-order valence-electron chi connectivity index (χ1n) is 6.34. The maximum atomic E-state index is 12.0. The van der Waals surface area contributed by atoms with E-state index in [1.54, 1.807) is 17.1 Å². The Bertz CT molecular complexity index is 433. The highest BCUT2D eigenvalue weighted by Crippen LogP contribution is 2.23. The fourth-order valence-corrected chi connectivity index (χ4v) is 2.45. The molecule has 108 valence electrons. The highest BCUT2D eigenvalue weighted by atomic mass is 35.5. The predicted molar refractivity (Wildman–Crippen MR) is 75.3 cm³/mol. The zero-order chi connectivity index (χ0) is 14.6. The first-order valence-corrected chi connectivity index (χ1v) is 6.72. The fraction of sp³-hybridized carbons (Fsp3) is 0.692. The Morgan fingerprint density at radius 3 is 2.63 bits per heavy atom. The number of aromatic nitrogens is 2. The largest absolute Gasteiger partial charge is 0.468 e. The van der Waals surface area contributed by atoms with Crippen molar-refractivity contribution in [2.75, 3.05) is 7.11 Å². The van der Waals surface area contributed by atoms with Gasteiger partial charge in [0.1, 0.15) is 5.54 Å². The minimum atomic E-state index is -0.749. The Morgan fingerprint density at radius 2 is 2.21 bits per heavy atom. The lowest BCUT2D eigenvalue weighted by Crippen LogP contribution is -2.54. The maximum Gasteiger partial charge on any atom is 0.325 e. The summed E-state index contributed by atoms with van der Waals surface area (Å²) in [6, 6.07) is 0.209. The number of carbonyl (C=O) groups excluding carboxylic acids is 1. The van der Waals surface area contributed by atoms with Gasteiger partial charge in [-0.3, -0.25) is 14.8 Å². The molecule has 1 N–H and O–H groups in total. The van der Waals surface area contributed by atoms with Crippen molar-refractivity contribution in [3.05, 3.63) is 17.4 Å². The molecule has 0 aromatic carbocycles. The number of hydrogen-bond acceptors (Lipinski definition) is 4. The summed E-state index contributed by atoms with van der Waals surface area (Å²) in [4.78, 5) is 12.0. The van der Waals surface area contributed by atoms with E-state index in [0.717, 1.165) is 0 Å². The van der Waals surface area contributed by atoms with Crippen molar-refractivity contribution < 1.29 is 9.53 Å². The summed E-state index contributed by atoms with van der Waals surface area (Å²) >= 11 is 5.86. The van der Waals surface area contributed by atoms with E-state index in [1.807, 2.05) is 27.7 Å². The average Bonchev–Trinajstić information content (AvgIpc) is 2.73. The molecule has 0 saturated carbocycles. The number of rotatable bonds is 6. The molecule has 19 heavy (non-hydrogen) atoms. The van der Waals surface area contributed by atoms with Crippen LogP contribution in [0.3, 0.4) is 0 Å². The molecule has 0 aliphatic heterocycles. The lowest BCUT2D eigenvalue weighted by molar-refractivity contribution is -0.149. The lowest BCUT2D eigenvalue weighted by atomic mass is 9.92. The molecule has 0 radical (unpaired) electrons. The number of halogens is 1. The SMILES string of the molecule is COC(=O)C(C)(CC(C)n1cc(Cl)cn1)NC(C)C. The minimum Gasteiger partial charge on any atom is -0.468 e. The molecular weight excluding hydrogens is 266 g/mol. The molecule has 2 unspecified atom stereocenters. The monoisotopic (exact) mass is 287 g/mol. The van der Waals surface area contributed by atoms with Gasteiger partial charge in [0.05, 0.1) is 24.4 Å². The van der Waals surface area contributed by atoms with Crippen molar-refractivity contribution in [1.29, 1.82) is 0 Å². The molecule has 0 saturated heterocycles. The summed E-state index contributed by atoms with van der Waals surface area (Å²) < 4.78 is 6.66. The number of nitrogens with zero attached hydrogens (tertiary/aromatic N) is 2. The van der Waals surface area contributed by atoms with Crippen LogP contribution in [-0.2, 0) is 9.53 Å². The molecular formula is C13H22ClN3O2. The van der Waals surface area contributed by atoms with Gasteiger partial charge in [-0.25, -0.2) is 0 Å². The quantitative estimate of drug-likeness (QED) is 0.817. The molecule has 0 aliphatic rings. The van der Waals surface area contributed by atoms with Gasteiger partial charge in [0.2, 0.25) is 0 Å². The summed E-state index contributed by atoms with van der Waals surface area (Å²) in [5.41, 5.74) is -0.749. The molecule has 1 rings (SSSR count). The summed E-state index contributed by atoms with van der Waals surface area (Å²) in [5, 5.41) is 8.02. The molecule has 6 heteroatoms. The molecule has 0 aliphatic carbocycles. The van der Waals surface area contributed by atoms with E-state index in [0.29, 0.717) is 11.4 Å². The third-order valence-electron chi connectivity index (χ3n) is 2.97. The molecule has 1 aromatic heterocycles. The van der Waals surface area contributed by atoms with Crippen LogP contribution >= 0.6 is 11.6 Å². The Morgan fingerprint density at radius 1 is 1.58 bits per heavy atom. The van der Waals surface area contributed by atoms with Crippen LogP contribution in [0.15, 0.2) is 12.4 Å². The van der Waals surface area contributed by atoms with Crippen molar-refractivity contribution >= 4 is 17.6 Å². The van der Waals surface area contributed by atoms with Crippen molar-refractivity contribution in [2.24, 2.45) is 0 Å².